The molecule has 2 amide bonds. The van der Waals surface area contributed by atoms with E-state index >= 15 is 0 Å². The molecule has 28 heavy (non-hydrogen) atoms. The lowest BCUT2D eigenvalue weighted by Gasteiger charge is -2.23. The number of hydrogen-bond donors (Lipinski definition) is 2. The lowest BCUT2D eigenvalue weighted by molar-refractivity contribution is -0.153. The van der Waals surface area contributed by atoms with Crippen LogP contribution in [0.1, 0.15) is 18.9 Å². The summed E-state index contributed by atoms with van der Waals surface area (Å²) in [6, 6.07) is 12.5. The molecule has 1 aliphatic heterocycles. The van der Waals surface area contributed by atoms with Gasteiger partial charge in [0.15, 0.2) is 6.10 Å². The number of anilines is 2. The van der Waals surface area contributed by atoms with Gasteiger partial charge in [0.1, 0.15) is 0 Å². The topological polar surface area (TPSA) is 84.5 Å². The Bertz CT molecular complexity index is 934. The largest absolute Gasteiger partial charge is 0.452 e. The van der Waals surface area contributed by atoms with Crippen molar-refractivity contribution in [3.05, 3.63) is 53.1 Å². The minimum absolute atomic E-state index is 0.126. The fraction of sp³-hybridized carbons (Fsp3) is 0.250. The second-order valence-electron chi connectivity index (χ2n) is 6.33. The van der Waals surface area contributed by atoms with Gasteiger partial charge in [0.05, 0.1) is 17.4 Å². The van der Waals surface area contributed by atoms with E-state index in [4.69, 9.17) is 16.3 Å². The Kier molecular flexibility index (Phi) is 6.26. The van der Waals surface area contributed by atoms with Gasteiger partial charge in [0.25, 0.3) is 5.91 Å². The van der Waals surface area contributed by atoms with Gasteiger partial charge in [0, 0.05) is 15.6 Å². The first kappa shape index (κ1) is 20.2. The Labute approximate surface area is 172 Å². The van der Waals surface area contributed by atoms with Crippen LogP contribution in [0, 0.1) is 6.92 Å². The van der Waals surface area contributed by atoms with Gasteiger partial charge >= 0.3 is 5.97 Å². The van der Waals surface area contributed by atoms with Gasteiger partial charge in [-0.2, -0.15) is 0 Å². The number of carbonyl (C=O) groups excluding carboxylic acids is 3. The van der Waals surface area contributed by atoms with Crippen LogP contribution in [0.3, 0.4) is 0 Å². The number of thioether (sulfide) groups is 1. The number of fused-ring (bicyclic) bond motifs is 1. The van der Waals surface area contributed by atoms with Gasteiger partial charge in [-0.15, -0.1) is 11.8 Å². The van der Waals surface area contributed by atoms with Crippen molar-refractivity contribution in [1.29, 1.82) is 0 Å². The van der Waals surface area contributed by atoms with Crippen LogP contribution in [-0.2, 0) is 19.1 Å². The molecule has 2 atom stereocenters. The zero-order chi connectivity index (χ0) is 20.3. The van der Waals surface area contributed by atoms with Crippen LogP contribution in [0.25, 0.3) is 0 Å². The smallest absolute Gasteiger partial charge is 0.308 e. The number of nitrogens with one attached hydrogen (secondary N) is 2. The van der Waals surface area contributed by atoms with E-state index in [1.54, 1.807) is 31.2 Å². The Balaban J connectivity index is 1.56. The van der Waals surface area contributed by atoms with Crippen molar-refractivity contribution in [1.82, 2.24) is 0 Å². The molecule has 2 aromatic rings. The summed E-state index contributed by atoms with van der Waals surface area (Å²) in [4.78, 5) is 37.6. The third-order valence-electron chi connectivity index (χ3n) is 4.26. The summed E-state index contributed by atoms with van der Waals surface area (Å²) >= 11 is 7.35. The molecule has 1 heterocycles. The standard InChI is InChI=1S/C20H19ClN2O4S/c1-11-13(21)6-5-8-14(11)22-19(25)12(2)27-18(24)10-17-20(26)23-15-7-3-4-9-16(15)28-17/h3-9,12,17H,10H2,1-2H3,(H,22,25)(H,23,26)/t12-,17-/m0/s1. The first-order valence-corrected chi connectivity index (χ1v) is 9.93. The maximum atomic E-state index is 12.3. The summed E-state index contributed by atoms with van der Waals surface area (Å²) in [5.41, 5.74) is 2.01. The molecule has 3 rings (SSSR count). The monoisotopic (exact) mass is 418 g/mol. The van der Waals surface area contributed by atoms with E-state index in [-0.39, 0.29) is 12.3 Å². The van der Waals surface area contributed by atoms with E-state index < -0.39 is 23.2 Å². The highest BCUT2D eigenvalue weighted by Gasteiger charge is 2.30. The highest BCUT2D eigenvalue weighted by Crippen LogP contribution is 2.36. The third-order valence-corrected chi connectivity index (χ3v) is 5.95. The van der Waals surface area contributed by atoms with E-state index in [9.17, 15) is 14.4 Å². The number of hydrogen-bond acceptors (Lipinski definition) is 5. The molecule has 6 nitrogen and oxygen atoms in total. The van der Waals surface area contributed by atoms with Gasteiger partial charge in [-0.05, 0) is 43.7 Å². The maximum absolute atomic E-state index is 12.3. The van der Waals surface area contributed by atoms with Crippen LogP contribution in [0.5, 0.6) is 0 Å². The lowest BCUT2D eigenvalue weighted by atomic mass is 10.2. The fourth-order valence-corrected chi connectivity index (χ4v) is 3.92. The van der Waals surface area contributed by atoms with Crippen LogP contribution in [0.4, 0.5) is 11.4 Å². The Hall–Kier alpha value is -2.51. The van der Waals surface area contributed by atoms with Gasteiger partial charge in [0.2, 0.25) is 5.91 Å². The predicted molar refractivity (Wildman–Crippen MR) is 110 cm³/mol. The van der Waals surface area contributed by atoms with Crippen LogP contribution in [-0.4, -0.2) is 29.1 Å². The molecule has 1 aliphatic rings. The lowest BCUT2D eigenvalue weighted by Crippen LogP contribution is -2.34. The van der Waals surface area contributed by atoms with Gasteiger partial charge in [-0.1, -0.05) is 29.8 Å². The molecule has 0 aromatic heterocycles. The van der Waals surface area contributed by atoms with Crippen molar-refractivity contribution in [3.8, 4) is 0 Å². The van der Waals surface area contributed by atoms with E-state index in [1.807, 2.05) is 18.2 Å². The summed E-state index contributed by atoms with van der Waals surface area (Å²) in [7, 11) is 0. The second kappa shape index (κ2) is 8.67. The second-order valence-corrected chi connectivity index (χ2v) is 7.98. The van der Waals surface area contributed by atoms with Gasteiger partial charge in [-0.25, -0.2) is 0 Å². The molecule has 2 aromatic carbocycles. The molecule has 0 radical (unpaired) electrons. The molecule has 2 N–H and O–H groups in total. The molecule has 0 aliphatic carbocycles. The third kappa shape index (κ3) is 4.66. The normalized spacial score (nSPS) is 16.5. The number of amides is 2. The van der Waals surface area contributed by atoms with Crippen LogP contribution in [0.15, 0.2) is 47.4 Å². The zero-order valence-electron chi connectivity index (χ0n) is 15.3. The number of para-hydroxylation sites is 1. The van der Waals surface area contributed by atoms with Crippen molar-refractivity contribution >= 4 is 52.5 Å². The summed E-state index contributed by atoms with van der Waals surface area (Å²) in [5, 5.41) is 5.40. The molecular weight excluding hydrogens is 400 g/mol. The first-order valence-electron chi connectivity index (χ1n) is 8.67. The molecular formula is C20H19ClN2O4S. The van der Waals surface area contributed by atoms with E-state index in [2.05, 4.69) is 10.6 Å². The van der Waals surface area contributed by atoms with Crippen LogP contribution < -0.4 is 10.6 Å². The highest BCUT2D eigenvalue weighted by molar-refractivity contribution is 8.01. The Morgan fingerprint density at radius 2 is 2.00 bits per heavy atom. The number of rotatable bonds is 5. The van der Waals surface area contributed by atoms with Crippen LogP contribution >= 0.6 is 23.4 Å². The molecule has 0 bridgehead atoms. The van der Waals surface area contributed by atoms with Gasteiger partial charge in [-0.3, -0.25) is 14.4 Å². The Morgan fingerprint density at radius 1 is 1.25 bits per heavy atom. The number of halogens is 1. The average molecular weight is 419 g/mol. The summed E-state index contributed by atoms with van der Waals surface area (Å²) in [5.74, 6) is -1.34. The van der Waals surface area contributed by atoms with Crippen LogP contribution in [0.2, 0.25) is 5.02 Å². The predicted octanol–water partition coefficient (Wildman–Crippen LogP) is 4.02. The van der Waals surface area contributed by atoms with Gasteiger partial charge < -0.3 is 15.4 Å². The molecule has 0 saturated heterocycles. The summed E-state index contributed by atoms with van der Waals surface area (Å²) in [6.07, 6.45) is -1.13. The maximum Gasteiger partial charge on any atom is 0.308 e. The fourth-order valence-electron chi connectivity index (χ4n) is 2.65. The molecule has 0 fully saturated rings. The van der Waals surface area contributed by atoms with Crippen molar-refractivity contribution in [2.45, 2.75) is 36.5 Å². The number of esters is 1. The Morgan fingerprint density at radius 3 is 2.79 bits per heavy atom. The molecule has 0 saturated carbocycles. The SMILES string of the molecule is Cc1c(Cl)cccc1NC(=O)[C@H](C)OC(=O)C[C@@H]1Sc2ccccc2NC1=O. The number of ether oxygens (including phenoxy) is 1. The average Bonchev–Trinajstić information content (AvgIpc) is 2.66. The quantitative estimate of drug-likeness (QED) is 0.716. The summed E-state index contributed by atoms with van der Waals surface area (Å²) in [6.45, 7) is 3.27. The summed E-state index contributed by atoms with van der Waals surface area (Å²) < 4.78 is 5.22. The minimum Gasteiger partial charge on any atom is -0.452 e. The van der Waals surface area contributed by atoms with E-state index in [1.165, 1.54) is 18.7 Å². The van der Waals surface area contributed by atoms with E-state index in [0.29, 0.717) is 10.7 Å². The zero-order valence-corrected chi connectivity index (χ0v) is 16.9. The van der Waals surface area contributed by atoms with Crippen molar-refractivity contribution in [2.24, 2.45) is 0 Å². The minimum atomic E-state index is -1.00. The molecule has 146 valence electrons. The van der Waals surface area contributed by atoms with Crippen molar-refractivity contribution < 1.29 is 19.1 Å². The molecule has 8 heteroatoms. The first-order chi connectivity index (χ1) is 13.3. The van der Waals surface area contributed by atoms with Crippen molar-refractivity contribution in [3.63, 3.8) is 0 Å². The number of benzene rings is 2. The van der Waals surface area contributed by atoms with Crippen molar-refractivity contribution in [2.75, 3.05) is 10.6 Å². The molecule has 0 spiro atoms. The van der Waals surface area contributed by atoms with E-state index in [0.717, 1.165) is 16.1 Å². The highest BCUT2D eigenvalue weighted by atomic mass is 35.5. The molecule has 0 unspecified atom stereocenters. The number of carbonyl (C=O) groups is 3.